The Morgan fingerprint density at radius 1 is 1.03 bits per heavy atom. The Hall–Kier alpha value is -3.50. The van der Waals surface area contributed by atoms with E-state index in [9.17, 15) is 9.59 Å². The molecule has 0 bridgehead atoms. The van der Waals surface area contributed by atoms with Gasteiger partial charge in [0.25, 0.3) is 11.8 Å². The molecule has 0 aliphatic carbocycles. The average molecular weight is 532 g/mol. The zero-order chi connectivity index (χ0) is 27.3. The first kappa shape index (κ1) is 28.1. The largest absolute Gasteiger partial charge is 0.493 e. The Balaban J connectivity index is 0.000000695. The zero-order valence-electron chi connectivity index (χ0n) is 21.0. The quantitative estimate of drug-likeness (QED) is 0.250. The van der Waals surface area contributed by atoms with Crippen molar-refractivity contribution in [1.29, 1.82) is 0 Å². The molecule has 1 atom stereocenters. The van der Waals surface area contributed by atoms with E-state index < -0.39 is 7.82 Å². The highest BCUT2D eigenvalue weighted by Gasteiger charge is 2.34. The summed E-state index contributed by atoms with van der Waals surface area (Å²) in [5.74, 6) is 0.860. The number of aryl methyl sites for hydroxylation is 1. The highest BCUT2D eigenvalue weighted by molar-refractivity contribution is 7.45. The fourth-order valence-corrected chi connectivity index (χ4v) is 4.15. The second-order valence-corrected chi connectivity index (χ2v) is 9.54. The fraction of sp³-hybridized carbons (Fsp3) is 0.320. The number of amides is 2. The Kier molecular flexibility index (Phi) is 8.88. The van der Waals surface area contributed by atoms with Crippen molar-refractivity contribution >= 4 is 36.2 Å². The average Bonchev–Trinajstić information content (AvgIpc) is 3.08. The summed E-state index contributed by atoms with van der Waals surface area (Å²) in [7, 11) is -1.41. The van der Waals surface area contributed by atoms with Gasteiger partial charge in [-0.25, -0.2) is 4.57 Å². The normalized spacial score (nSPS) is 13.6. The number of carbonyl (C=O) groups is 2. The summed E-state index contributed by atoms with van der Waals surface area (Å²) >= 11 is 0. The lowest BCUT2D eigenvalue weighted by molar-refractivity contribution is 0.0651. The number of phosphoric acid groups is 1. The number of imide groups is 1. The lowest BCUT2D eigenvalue weighted by Gasteiger charge is -2.20. The van der Waals surface area contributed by atoms with E-state index >= 15 is 0 Å². The van der Waals surface area contributed by atoms with E-state index in [1.54, 1.807) is 38.5 Å². The van der Waals surface area contributed by atoms with Crippen LogP contribution >= 0.6 is 7.82 Å². The molecule has 2 aromatic carbocycles. The third-order valence-electron chi connectivity index (χ3n) is 5.76. The van der Waals surface area contributed by atoms with Gasteiger partial charge in [-0.1, -0.05) is 12.1 Å². The molecule has 2 heterocycles. The molecule has 3 aromatic rings. The molecular formula is C25H30N3O8P. The first-order chi connectivity index (χ1) is 17.4. The lowest BCUT2D eigenvalue weighted by atomic mass is 10.1. The van der Waals surface area contributed by atoms with Crippen molar-refractivity contribution in [3.8, 4) is 11.5 Å². The number of carbonyl (C=O) groups excluding carboxylic acids is 2. The number of nitrogens with zero attached hydrogens (tertiary/aromatic N) is 2. The minimum Gasteiger partial charge on any atom is -0.493 e. The summed E-state index contributed by atoms with van der Waals surface area (Å²) in [4.78, 5) is 52.7. The molecule has 0 saturated carbocycles. The van der Waals surface area contributed by atoms with Gasteiger partial charge in [-0.05, 0) is 51.0 Å². The number of aromatic nitrogens is 1. The molecule has 1 unspecified atom stereocenters. The van der Waals surface area contributed by atoms with Crippen LogP contribution in [0.3, 0.4) is 0 Å². The van der Waals surface area contributed by atoms with Crippen molar-refractivity contribution in [2.24, 2.45) is 0 Å². The third-order valence-corrected chi connectivity index (χ3v) is 5.76. The van der Waals surface area contributed by atoms with Gasteiger partial charge in [0.1, 0.15) is 0 Å². The number of benzene rings is 2. The summed E-state index contributed by atoms with van der Waals surface area (Å²) in [5, 5.41) is 4.39. The van der Waals surface area contributed by atoms with Crippen LogP contribution < -0.4 is 14.8 Å². The molecule has 0 fully saturated rings. The molecule has 4 N–H and O–H groups in total. The SMILES string of the molecule is COc1cc(NC(C)CCCN2C(=O)c3ccccc3C2=O)c2nc(C)ccc2c1OC.O=P(O)(O)O. The van der Waals surface area contributed by atoms with Crippen LogP contribution in [0, 0.1) is 6.92 Å². The first-order valence-electron chi connectivity index (χ1n) is 11.5. The van der Waals surface area contributed by atoms with Crippen molar-refractivity contribution in [3.63, 3.8) is 0 Å². The molecule has 1 aromatic heterocycles. The van der Waals surface area contributed by atoms with Crippen molar-refractivity contribution in [2.45, 2.75) is 32.7 Å². The van der Waals surface area contributed by atoms with Gasteiger partial charge in [-0.15, -0.1) is 0 Å². The molecule has 37 heavy (non-hydrogen) atoms. The molecule has 12 heteroatoms. The molecular weight excluding hydrogens is 501 g/mol. The van der Waals surface area contributed by atoms with E-state index in [-0.39, 0.29) is 17.9 Å². The molecule has 4 rings (SSSR count). The maximum atomic E-state index is 12.5. The number of hydrogen-bond acceptors (Lipinski definition) is 7. The van der Waals surface area contributed by atoms with Gasteiger partial charge in [0.15, 0.2) is 11.5 Å². The van der Waals surface area contributed by atoms with Gasteiger partial charge in [-0.3, -0.25) is 19.5 Å². The van der Waals surface area contributed by atoms with E-state index in [2.05, 4.69) is 12.2 Å². The maximum absolute atomic E-state index is 12.5. The summed E-state index contributed by atoms with van der Waals surface area (Å²) in [6, 6.07) is 12.9. The minimum atomic E-state index is -4.64. The summed E-state index contributed by atoms with van der Waals surface area (Å²) < 4.78 is 20.0. The smallest absolute Gasteiger partial charge is 0.466 e. The second-order valence-electron chi connectivity index (χ2n) is 8.52. The molecule has 11 nitrogen and oxygen atoms in total. The van der Waals surface area contributed by atoms with E-state index in [0.29, 0.717) is 35.6 Å². The van der Waals surface area contributed by atoms with Crippen molar-refractivity contribution in [1.82, 2.24) is 9.88 Å². The van der Waals surface area contributed by atoms with Crippen LogP contribution in [0.2, 0.25) is 0 Å². The van der Waals surface area contributed by atoms with E-state index in [0.717, 1.165) is 28.7 Å². The van der Waals surface area contributed by atoms with Crippen LogP contribution in [0.4, 0.5) is 5.69 Å². The number of ether oxygens (including phenoxy) is 2. The molecule has 0 spiro atoms. The molecule has 0 saturated heterocycles. The number of anilines is 1. The van der Waals surface area contributed by atoms with Gasteiger partial charge in [0.2, 0.25) is 0 Å². The number of methoxy groups -OCH3 is 2. The molecule has 1 aliphatic rings. The zero-order valence-corrected chi connectivity index (χ0v) is 21.9. The van der Waals surface area contributed by atoms with Gasteiger partial charge in [0.05, 0.1) is 36.6 Å². The summed E-state index contributed by atoms with van der Waals surface area (Å²) in [5.41, 5.74) is 3.55. The van der Waals surface area contributed by atoms with Gasteiger partial charge in [-0.2, -0.15) is 0 Å². The number of hydrogen-bond donors (Lipinski definition) is 4. The number of nitrogens with one attached hydrogen (secondary N) is 1. The highest BCUT2D eigenvalue weighted by Crippen LogP contribution is 2.39. The topological polar surface area (TPSA) is 159 Å². The van der Waals surface area contributed by atoms with Crippen LogP contribution in [0.5, 0.6) is 11.5 Å². The standard InChI is InChI=1S/C25H27N3O4.H3O4P/c1-15(8-7-13-28-24(29)17-9-5-6-10-18(17)25(28)30)26-20-14-21(31-3)23(32-4)19-12-11-16(2)27-22(19)20;1-5(2,3)4/h5-6,9-12,14-15,26H,7-8,13H2,1-4H3;(H3,1,2,3,4). The molecule has 198 valence electrons. The summed E-state index contributed by atoms with van der Waals surface area (Å²) in [6.45, 7) is 4.41. The van der Waals surface area contributed by atoms with E-state index in [1.165, 1.54) is 4.90 Å². The lowest BCUT2D eigenvalue weighted by Crippen LogP contribution is -2.31. The number of rotatable bonds is 8. The monoisotopic (exact) mass is 531 g/mol. The predicted octanol–water partition coefficient (Wildman–Crippen LogP) is 3.51. The van der Waals surface area contributed by atoms with Gasteiger partial charge in [0, 0.05) is 29.7 Å². The van der Waals surface area contributed by atoms with Crippen molar-refractivity contribution in [3.05, 3.63) is 59.3 Å². The minimum absolute atomic E-state index is 0.0915. The number of fused-ring (bicyclic) bond motifs is 2. The Labute approximate surface area is 214 Å². The van der Waals surface area contributed by atoms with Crippen LogP contribution in [-0.2, 0) is 4.57 Å². The van der Waals surface area contributed by atoms with Crippen LogP contribution in [0.1, 0.15) is 46.2 Å². The van der Waals surface area contributed by atoms with Gasteiger partial charge >= 0.3 is 7.82 Å². The van der Waals surface area contributed by atoms with Crippen molar-refractivity contribution < 1.29 is 38.3 Å². The van der Waals surface area contributed by atoms with Crippen molar-refractivity contribution in [2.75, 3.05) is 26.1 Å². The predicted molar refractivity (Wildman–Crippen MR) is 138 cm³/mol. The highest BCUT2D eigenvalue weighted by atomic mass is 31.2. The van der Waals surface area contributed by atoms with Crippen LogP contribution in [0.25, 0.3) is 10.9 Å². The molecule has 2 amide bonds. The van der Waals surface area contributed by atoms with E-state index in [4.69, 9.17) is 33.7 Å². The van der Waals surface area contributed by atoms with Crippen LogP contribution in [-0.4, -0.2) is 63.2 Å². The first-order valence-corrected chi connectivity index (χ1v) is 13.0. The Bertz CT molecular complexity index is 1310. The fourth-order valence-electron chi connectivity index (χ4n) is 4.15. The number of pyridine rings is 1. The van der Waals surface area contributed by atoms with Gasteiger partial charge < -0.3 is 29.5 Å². The molecule has 0 radical (unpaired) electrons. The van der Waals surface area contributed by atoms with E-state index in [1.807, 2.05) is 25.1 Å². The molecule has 1 aliphatic heterocycles. The second kappa shape index (κ2) is 11.7. The summed E-state index contributed by atoms with van der Waals surface area (Å²) in [6.07, 6.45) is 1.46. The maximum Gasteiger partial charge on any atom is 0.466 e. The Morgan fingerprint density at radius 2 is 1.62 bits per heavy atom. The third kappa shape index (κ3) is 6.84. The Morgan fingerprint density at radius 3 is 2.16 bits per heavy atom. The van der Waals surface area contributed by atoms with Crippen LogP contribution in [0.15, 0.2) is 42.5 Å².